The zero-order chi connectivity index (χ0) is 31.0. The minimum atomic E-state index is 0.334. The Bertz CT molecular complexity index is 1820. The van der Waals surface area contributed by atoms with Gasteiger partial charge in [0.15, 0.2) is 17.5 Å². The van der Waals surface area contributed by atoms with Gasteiger partial charge in [-0.25, -0.2) is 15.0 Å². The van der Waals surface area contributed by atoms with E-state index in [0.29, 0.717) is 34.0 Å². The maximum Gasteiger partial charge on any atom is 0.164 e. The van der Waals surface area contributed by atoms with E-state index >= 15 is 0 Å². The van der Waals surface area contributed by atoms with Gasteiger partial charge in [-0.15, -0.1) is 0 Å². The standard InChI is InChI=1S/C40H35N5/c1-26-19-30-20-27(2)22-40(21-26,23-30)36-17-15-32(16-18-36)31-11-13-35(14-12-31)39-44-37(33-7-3-28(24-41)4-8-33)43-38(45-39)34-9-5-29(25-42)6-10-34/h3-18,26-27,30H,19-23H2,1-2H3/t26-,27+,30?,40?. The van der Waals surface area contributed by atoms with Gasteiger partial charge in [0.2, 0.25) is 0 Å². The number of nitriles is 2. The molecule has 0 spiro atoms. The average molecular weight is 586 g/mol. The predicted octanol–water partition coefficient (Wildman–Crippen LogP) is 9.39. The van der Waals surface area contributed by atoms with Crippen molar-refractivity contribution in [3.63, 3.8) is 0 Å². The van der Waals surface area contributed by atoms with Crippen LogP contribution in [-0.2, 0) is 5.41 Å². The Hall–Kier alpha value is -5.13. The summed E-state index contributed by atoms with van der Waals surface area (Å²) in [5.74, 6) is 4.09. The second-order valence-corrected chi connectivity index (χ2v) is 13.3. The third kappa shape index (κ3) is 5.75. The van der Waals surface area contributed by atoms with Gasteiger partial charge in [-0.3, -0.25) is 0 Å². The molecule has 4 atom stereocenters. The topological polar surface area (TPSA) is 86.2 Å². The molecule has 2 bridgehead atoms. The summed E-state index contributed by atoms with van der Waals surface area (Å²) in [5.41, 5.74) is 7.86. The van der Waals surface area contributed by atoms with E-state index in [1.807, 2.05) is 24.3 Å². The van der Waals surface area contributed by atoms with E-state index in [2.05, 4.69) is 74.5 Å². The molecule has 0 amide bonds. The lowest BCUT2D eigenvalue weighted by atomic mass is 9.54. The third-order valence-electron chi connectivity index (χ3n) is 9.78. The molecule has 220 valence electrons. The summed E-state index contributed by atoms with van der Waals surface area (Å²) in [6.45, 7) is 4.89. The Morgan fingerprint density at radius 3 is 1.27 bits per heavy atom. The summed E-state index contributed by atoms with van der Waals surface area (Å²) in [6, 6.07) is 36.6. The first-order chi connectivity index (χ1) is 21.9. The van der Waals surface area contributed by atoms with E-state index < -0.39 is 0 Å². The summed E-state index contributed by atoms with van der Waals surface area (Å²) < 4.78 is 0. The second kappa shape index (κ2) is 11.8. The SMILES string of the molecule is C[C@@H]1CC2C[C@H](C)CC(c3ccc(-c4ccc(-c5nc(-c6ccc(C#N)cc6)nc(-c6ccc(C#N)cc6)n5)cc4)cc3)(C2)C1. The van der Waals surface area contributed by atoms with Crippen LogP contribution in [0, 0.1) is 40.4 Å². The van der Waals surface area contributed by atoms with Crippen molar-refractivity contribution in [2.24, 2.45) is 17.8 Å². The molecule has 0 aliphatic heterocycles. The highest BCUT2D eigenvalue weighted by Gasteiger charge is 2.45. The lowest BCUT2D eigenvalue weighted by Gasteiger charge is -2.50. The molecule has 5 nitrogen and oxygen atoms in total. The Morgan fingerprint density at radius 2 is 0.867 bits per heavy atom. The summed E-state index contributed by atoms with van der Waals surface area (Å²) in [7, 11) is 0. The fourth-order valence-corrected chi connectivity index (χ4v) is 8.04. The van der Waals surface area contributed by atoms with Crippen molar-refractivity contribution in [3.8, 4) is 57.4 Å². The first-order valence-corrected chi connectivity index (χ1v) is 15.9. The third-order valence-corrected chi connectivity index (χ3v) is 9.78. The number of hydrogen-bond donors (Lipinski definition) is 0. The van der Waals surface area contributed by atoms with Gasteiger partial charge in [-0.1, -0.05) is 62.4 Å². The number of hydrogen-bond acceptors (Lipinski definition) is 5. The molecule has 45 heavy (non-hydrogen) atoms. The summed E-state index contributed by atoms with van der Waals surface area (Å²) in [6.07, 6.45) is 6.74. The normalized spacial score (nSPS) is 22.3. The molecule has 7 rings (SSSR count). The van der Waals surface area contributed by atoms with Crippen molar-refractivity contribution < 1.29 is 0 Å². The van der Waals surface area contributed by atoms with Crippen LogP contribution in [0.5, 0.6) is 0 Å². The quantitative estimate of drug-likeness (QED) is 0.205. The fraction of sp³-hybridized carbons (Fsp3) is 0.275. The zero-order valence-electron chi connectivity index (χ0n) is 25.7. The Balaban J connectivity index is 1.20. The second-order valence-electron chi connectivity index (χ2n) is 13.3. The van der Waals surface area contributed by atoms with Gasteiger partial charge < -0.3 is 0 Å². The van der Waals surface area contributed by atoms with Crippen LogP contribution in [0.4, 0.5) is 0 Å². The van der Waals surface area contributed by atoms with Crippen molar-refractivity contribution in [1.82, 2.24) is 15.0 Å². The fourth-order valence-electron chi connectivity index (χ4n) is 8.04. The van der Waals surface area contributed by atoms with Gasteiger partial charge in [-0.05, 0) is 120 Å². The van der Waals surface area contributed by atoms with Crippen molar-refractivity contribution in [2.75, 3.05) is 0 Å². The van der Waals surface area contributed by atoms with E-state index in [4.69, 9.17) is 15.0 Å². The molecule has 1 aromatic heterocycles. The number of benzene rings is 4. The van der Waals surface area contributed by atoms with Gasteiger partial charge in [0.05, 0.1) is 23.3 Å². The molecule has 5 heteroatoms. The van der Waals surface area contributed by atoms with Crippen molar-refractivity contribution in [1.29, 1.82) is 10.5 Å². The van der Waals surface area contributed by atoms with E-state index in [0.717, 1.165) is 40.0 Å². The molecule has 1 heterocycles. The van der Waals surface area contributed by atoms with Crippen LogP contribution < -0.4 is 0 Å². The van der Waals surface area contributed by atoms with Crippen LogP contribution in [-0.4, -0.2) is 15.0 Å². The average Bonchev–Trinajstić information content (AvgIpc) is 3.07. The summed E-state index contributed by atoms with van der Waals surface area (Å²) >= 11 is 0. The minimum absolute atomic E-state index is 0.334. The van der Waals surface area contributed by atoms with Crippen LogP contribution in [0.2, 0.25) is 0 Å². The molecule has 0 saturated heterocycles. The van der Waals surface area contributed by atoms with Gasteiger partial charge >= 0.3 is 0 Å². The smallest absolute Gasteiger partial charge is 0.164 e. The lowest BCUT2D eigenvalue weighted by Crippen LogP contribution is -2.42. The number of fused-ring (bicyclic) bond motifs is 2. The van der Waals surface area contributed by atoms with E-state index in [-0.39, 0.29) is 0 Å². The van der Waals surface area contributed by atoms with Crippen molar-refractivity contribution in [3.05, 3.63) is 114 Å². The predicted molar refractivity (Wildman–Crippen MR) is 178 cm³/mol. The maximum atomic E-state index is 9.24. The largest absolute Gasteiger partial charge is 0.208 e. The minimum Gasteiger partial charge on any atom is -0.208 e. The molecule has 2 unspecified atom stereocenters. The monoisotopic (exact) mass is 585 g/mol. The highest BCUT2D eigenvalue weighted by atomic mass is 15.0. The zero-order valence-corrected chi connectivity index (χ0v) is 25.7. The van der Waals surface area contributed by atoms with Gasteiger partial charge in [0, 0.05) is 16.7 Å². The molecule has 0 radical (unpaired) electrons. The number of rotatable bonds is 5. The molecule has 2 saturated carbocycles. The van der Waals surface area contributed by atoms with E-state index in [9.17, 15) is 10.5 Å². The van der Waals surface area contributed by atoms with Crippen molar-refractivity contribution >= 4 is 0 Å². The Kier molecular flexibility index (Phi) is 7.48. The molecule has 4 aromatic carbocycles. The van der Waals surface area contributed by atoms with Gasteiger partial charge in [0.25, 0.3) is 0 Å². The molecule has 5 aromatic rings. The van der Waals surface area contributed by atoms with Gasteiger partial charge in [0.1, 0.15) is 0 Å². The molecule has 2 aliphatic rings. The van der Waals surface area contributed by atoms with Gasteiger partial charge in [-0.2, -0.15) is 10.5 Å². The number of nitrogens with zero attached hydrogens (tertiary/aromatic N) is 5. The van der Waals surface area contributed by atoms with Crippen LogP contribution >= 0.6 is 0 Å². The Labute approximate surface area is 265 Å². The van der Waals surface area contributed by atoms with Crippen LogP contribution in [0.25, 0.3) is 45.3 Å². The van der Waals surface area contributed by atoms with Crippen molar-refractivity contribution in [2.45, 2.75) is 51.4 Å². The summed E-state index contributed by atoms with van der Waals surface area (Å²) in [5, 5.41) is 18.5. The molecular formula is C40H35N5. The molecular weight excluding hydrogens is 550 g/mol. The van der Waals surface area contributed by atoms with Crippen LogP contribution in [0.3, 0.4) is 0 Å². The van der Waals surface area contributed by atoms with E-state index in [1.165, 1.54) is 43.2 Å². The molecule has 0 N–H and O–H groups in total. The van der Waals surface area contributed by atoms with Crippen LogP contribution in [0.15, 0.2) is 97.1 Å². The first-order valence-electron chi connectivity index (χ1n) is 15.9. The lowest BCUT2D eigenvalue weighted by molar-refractivity contribution is 0.0780. The number of aromatic nitrogens is 3. The maximum absolute atomic E-state index is 9.24. The Morgan fingerprint density at radius 1 is 0.511 bits per heavy atom. The highest BCUT2D eigenvalue weighted by Crippen LogP contribution is 2.54. The first kappa shape index (κ1) is 28.6. The summed E-state index contributed by atoms with van der Waals surface area (Å²) in [4.78, 5) is 14.4. The molecule has 2 fully saturated rings. The van der Waals surface area contributed by atoms with Crippen LogP contribution in [0.1, 0.15) is 62.6 Å². The van der Waals surface area contributed by atoms with E-state index in [1.54, 1.807) is 24.3 Å². The highest BCUT2D eigenvalue weighted by molar-refractivity contribution is 5.71. The molecule has 2 aliphatic carbocycles.